The molecular formula is C13H21NO4. The molecule has 5 heteroatoms. The molecule has 0 aliphatic heterocycles. The number of hydrogen-bond donors (Lipinski definition) is 0. The lowest BCUT2D eigenvalue weighted by atomic mass is 10.1. The molecule has 1 atom stereocenters. The fourth-order valence-electron chi connectivity index (χ4n) is 1.34. The summed E-state index contributed by atoms with van der Waals surface area (Å²) in [6.07, 6.45) is -0.240. The number of aldehydes is 1. The monoisotopic (exact) mass is 255 g/mol. The molecule has 18 heavy (non-hydrogen) atoms. The maximum Gasteiger partial charge on any atom is 0.333 e. The first kappa shape index (κ1) is 16.4. The number of rotatable bonds is 5. The van der Waals surface area contributed by atoms with Crippen LogP contribution in [0, 0.1) is 0 Å². The van der Waals surface area contributed by atoms with E-state index in [9.17, 15) is 14.4 Å². The van der Waals surface area contributed by atoms with Gasteiger partial charge in [0.2, 0.25) is 6.29 Å². The van der Waals surface area contributed by atoms with Crippen LogP contribution in [0.2, 0.25) is 0 Å². The zero-order chi connectivity index (χ0) is 14.5. The fourth-order valence-corrected chi connectivity index (χ4v) is 1.34. The van der Waals surface area contributed by atoms with Crippen molar-refractivity contribution in [1.29, 1.82) is 0 Å². The average Bonchev–Trinajstić information content (AvgIpc) is 2.23. The van der Waals surface area contributed by atoms with Crippen LogP contribution in [-0.4, -0.2) is 41.3 Å². The maximum atomic E-state index is 11.5. The Hall–Kier alpha value is -1.65. The molecule has 0 bridgehead atoms. The van der Waals surface area contributed by atoms with Gasteiger partial charge in [-0.05, 0) is 34.6 Å². The third-order valence-corrected chi connectivity index (χ3v) is 2.27. The minimum absolute atomic E-state index is 0.167. The van der Waals surface area contributed by atoms with Gasteiger partial charge in [0.05, 0.1) is 6.54 Å². The van der Waals surface area contributed by atoms with E-state index in [1.54, 1.807) is 13.8 Å². The van der Waals surface area contributed by atoms with Crippen LogP contribution in [0.5, 0.6) is 0 Å². The Kier molecular flexibility index (Phi) is 5.75. The summed E-state index contributed by atoms with van der Waals surface area (Å²) in [5.41, 5.74) is -0.215. The molecule has 1 unspecified atom stereocenters. The molecule has 0 aliphatic rings. The summed E-state index contributed by atoms with van der Waals surface area (Å²) in [4.78, 5) is 34.8. The third-order valence-electron chi connectivity index (χ3n) is 2.27. The predicted octanol–water partition coefficient (Wildman–Crippen LogP) is 1.32. The molecule has 0 heterocycles. The Balaban J connectivity index is 4.70. The van der Waals surface area contributed by atoms with Gasteiger partial charge >= 0.3 is 5.97 Å². The molecule has 0 radical (unpaired) electrons. The van der Waals surface area contributed by atoms with Gasteiger partial charge in [-0.25, -0.2) is 4.79 Å². The summed E-state index contributed by atoms with van der Waals surface area (Å²) in [5, 5.41) is 0. The molecule has 1 amide bonds. The van der Waals surface area contributed by atoms with Gasteiger partial charge < -0.3 is 9.64 Å². The van der Waals surface area contributed by atoms with E-state index in [1.807, 2.05) is 20.8 Å². The van der Waals surface area contributed by atoms with Gasteiger partial charge in [-0.1, -0.05) is 6.58 Å². The molecule has 0 aromatic rings. The predicted molar refractivity (Wildman–Crippen MR) is 67.9 cm³/mol. The summed E-state index contributed by atoms with van der Waals surface area (Å²) in [6, 6.07) is 0. The number of carbonyl (C=O) groups excluding carboxylic acids is 3. The lowest BCUT2D eigenvalue weighted by Crippen LogP contribution is -2.49. The Morgan fingerprint density at radius 2 is 1.89 bits per heavy atom. The van der Waals surface area contributed by atoms with E-state index < -0.39 is 23.5 Å². The van der Waals surface area contributed by atoms with Crippen LogP contribution in [-0.2, 0) is 19.1 Å². The van der Waals surface area contributed by atoms with Gasteiger partial charge in [0.25, 0.3) is 5.91 Å². The highest BCUT2D eigenvalue weighted by Gasteiger charge is 2.28. The highest BCUT2D eigenvalue weighted by Crippen LogP contribution is 2.14. The van der Waals surface area contributed by atoms with Crippen LogP contribution >= 0.6 is 0 Å². The number of hydrogen-bond acceptors (Lipinski definition) is 4. The lowest BCUT2D eigenvalue weighted by Gasteiger charge is -2.35. The molecule has 0 aromatic carbocycles. The third kappa shape index (κ3) is 5.12. The van der Waals surface area contributed by atoms with E-state index in [1.165, 1.54) is 4.90 Å². The minimum Gasteiger partial charge on any atom is -0.457 e. The summed E-state index contributed by atoms with van der Waals surface area (Å²) >= 11 is 0. The minimum atomic E-state index is -0.624. The first-order chi connectivity index (χ1) is 8.09. The zero-order valence-electron chi connectivity index (χ0n) is 11.6. The van der Waals surface area contributed by atoms with Gasteiger partial charge in [0, 0.05) is 11.1 Å². The molecule has 0 saturated carbocycles. The number of ether oxygens (including phenoxy) is 1. The van der Waals surface area contributed by atoms with E-state index >= 15 is 0 Å². The van der Waals surface area contributed by atoms with Crippen molar-refractivity contribution in [3.05, 3.63) is 12.2 Å². The summed E-state index contributed by atoms with van der Waals surface area (Å²) in [5.74, 6) is -1.13. The molecule has 0 saturated heterocycles. The second kappa shape index (κ2) is 6.33. The Morgan fingerprint density at radius 3 is 2.22 bits per heavy atom. The Morgan fingerprint density at radius 1 is 1.39 bits per heavy atom. The highest BCUT2D eigenvalue weighted by atomic mass is 16.5. The fraction of sp³-hybridized carbons (Fsp3) is 0.615. The van der Waals surface area contributed by atoms with Crippen LogP contribution in [0.15, 0.2) is 12.2 Å². The molecule has 0 rings (SSSR count). The SMILES string of the molecule is C=C(C)C(=O)OC(C)CN(C(=O)C=O)C(C)(C)C. The first-order valence-corrected chi connectivity index (χ1v) is 5.73. The van der Waals surface area contributed by atoms with Crippen molar-refractivity contribution in [3.63, 3.8) is 0 Å². The number of amides is 1. The second-order valence-corrected chi connectivity index (χ2v) is 5.23. The molecule has 0 spiro atoms. The summed E-state index contributed by atoms with van der Waals surface area (Å²) in [7, 11) is 0. The van der Waals surface area contributed by atoms with Crippen molar-refractivity contribution in [3.8, 4) is 0 Å². The molecule has 0 aromatic heterocycles. The summed E-state index contributed by atoms with van der Waals surface area (Å²) < 4.78 is 5.08. The number of carbonyl (C=O) groups is 3. The molecule has 0 aliphatic carbocycles. The van der Waals surface area contributed by atoms with E-state index in [0.717, 1.165) is 0 Å². The van der Waals surface area contributed by atoms with Gasteiger partial charge in [0.15, 0.2) is 0 Å². The molecule has 0 fully saturated rings. The van der Waals surface area contributed by atoms with Gasteiger partial charge in [-0.3, -0.25) is 9.59 Å². The normalized spacial score (nSPS) is 12.5. The van der Waals surface area contributed by atoms with Crippen LogP contribution in [0.1, 0.15) is 34.6 Å². The van der Waals surface area contributed by atoms with E-state index in [4.69, 9.17) is 4.74 Å². The van der Waals surface area contributed by atoms with Crippen LogP contribution < -0.4 is 0 Å². The van der Waals surface area contributed by atoms with Gasteiger partial charge in [-0.2, -0.15) is 0 Å². The lowest BCUT2D eigenvalue weighted by molar-refractivity contribution is -0.150. The standard InChI is InChI=1S/C13H21NO4/c1-9(2)12(17)18-10(3)7-14(11(16)8-15)13(4,5)6/h8,10H,1,7H2,2-6H3. The molecule has 0 N–H and O–H groups in total. The molecular weight excluding hydrogens is 234 g/mol. The second-order valence-electron chi connectivity index (χ2n) is 5.23. The number of esters is 1. The first-order valence-electron chi connectivity index (χ1n) is 5.73. The van der Waals surface area contributed by atoms with Crippen molar-refractivity contribution in [2.24, 2.45) is 0 Å². The smallest absolute Gasteiger partial charge is 0.333 e. The van der Waals surface area contributed by atoms with Crippen LogP contribution in [0.4, 0.5) is 0 Å². The van der Waals surface area contributed by atoms with Gasteiger partial charge in [0.1, 0.15) is 6.10 Å². The van der Waals surface area contributed by atoms with Gasteiger partial charge in [-0.15, -0.1) is 0 Å². The Bertz CT molecular complexity index is 354. The highest BCUT2D eigenvalue weighted by molar-refractivity contribution is 6.23. The largest absolute Gasteiger partial charge is 0.457 e. The zero-order valence-corrected chi connectivity index (χ0v) is 11.6. The molecule has 102 valence electrons. The molecule has 5 nitrogen and oxygen atoms in total. The van der Waals surface area contributed by atoms with Crippen LogP contribution in [0.25, 0.3) is 0 Å². The number of nitrogens with zero attached hydrogens (tertiary/aromatic N) is 1. The van der Waals surface area contributed by atoms with Crippen molar-refractivity contribution in [1.82, 2.24) is 4.90 Å². The average molecular weight is 255 g/mol. The van der Waals surface area contributed by atoms with Crippen molar-refractivity contribution >= 4 is 18.2 Å². The van der Waals surface area contributed by atoms with Crippen LogP contribution in [0.3, 0.4) is 0 Å². The van der Waals surface area contributed by atoms with Crippen molar-refractivity contribution in [2.75, 3.05) is 6.54 Å². The maximum absolute atomic E-state index is 11.5. The quantitative estimate of drug-likeness (QED) is 0.322. The topological polar surface area (TPSA) is 63.7 Å². The summed E-state index contributed by atoms with van der Waals surface area (Å²) in [6.45, 7) is 12.3. The van der Waals surface area contributed by atoms with E-state index in [0.29, 0.717) is 5.57 Å². The van der Waals surface area contributed by atoms with E-state index in [2.05, 4.69) is 6.58 Å². The van der Waals surface area contributed by atoms with E-state index in [-0.39, 0.29) is 12.8 Å². The Labute approximate surface area is 108 Å². The van der Waals surface area contributed by atoms with Crippen molar-refractivity contribution in [2.45, 2.75) is 46.3 Å². The van der Waals surface area contributed by atoms with Crippen molar-refractivity contribution < 1.29 is 19.1 Å².